The van der Waals surface area contributed by atoms with Crippen LogP contribution in [0.25, 0.3) is 66.4 Å². The molecule has 0 radical (unpaired) electrons. The van der Waals surface area contributed by atoms with Gasteiger partial charge in [0, 0.05) is 52.9 Å². The fourth-order valence-corrected chi connectivity index (χ4v) is 6.65. The summed E-state index contributed by atoms with van der Waals surface area (Å²) in [4.78, 5) is 26.7. The van der Waals surface area contributed by atoms with E-state index in [1.54, 1.807) is 49.1 Å². The fraction of sp³-hybridized carbons (Fsp3) is 0.0909. The number of aromatic nitrogens is 10. The Hall–Kier alpha value is -7.74. The normalized spacial score (nSPS) is 11.2. The van der Waals surface area contributed by atoms with E-state index in [-0.39, 0.29) is 11.5 Å². The SMILES string of the molecule is COc1ccc(-c2cnc3cc4cn(Cc5cccnc5)nc4cc3n2)cc1F.COc1ccc(-c2cnc3cc4cnn(Cc5cccnc5)c4cc3n2)cc1F. The lowest BCUT2D eigenvalue weighted by atomic mass is 10.1. The van der Waals surface area contributed by atoms with Gasteiger partial charge < -0.3 is 9.47 Å². The number of fused-ring (bicyclic) bond motifs is 4. The average Bonchev–Trinajstić information content (AvgIpc) is 3.84. The van der Waals surface area contributed by atoms with Crippen molar-refractivity contribution in [1.82, 2.24) is 49.5 Å². The highest BCUT2D eigenvalue weighted by atomic mass is 19.1. The standard InChI is InChI=1S/2C22H16FN5O/c1-29-22-5-4-15(7-17(22)23)20-12-25-18-8-16-11-26-28(21(16)9-19(18)27-20)13-14-3-2-6-24-10-14;1-29-22-5-4-15(7-17(22)23)21-11-25-19-8-16-13-28(12-14-3-2-6-24-10-14)27-18(16)9-20(19)26-21/h2-12H,13H2,1H3;2-11,13H,12H2,1H3. The largest absolute Gasteiger partial charge is 0.494 e. The van der Waals surface area contributed by atoms with Gasteiger partial charge >= 0.3 is 0 Å². The highest BCUT2D eigenvalue weighted by molar-refractivity contribution is 5.94. The Bertz CT molecular complexity index is 3070. The van der Waals surface area contributed by atoms with Crippen LogP contribution in [0.5, 0.6) is 11.5 Å². The Kier molecular flexibility index (Phi) is 9.55. The number of methoxy groups -OCH3 is 2. The third-order valence-corrected chi connectivity index (χ3v) is 9.54. The van der Waals surface area contributed by atoms with E-state index in [9.17, 15) is 8.78 Å². The number of halogens is 2. The summed E-state index contributed by atoms with van der Waals surface area (Å²) in [6.07, 6.45) is 14.2. The number of pyridine rings is 2. The Balaban J connectivity index is 0.000000150. The van der Waals surface area contributed by atoms with Gasteiger partial charge in [0.1, 0.15) is 0 Å². The van der Waals surface area contributed by atoms with Crippen LogP contribution < -0.4 is 9.47 Å². The molecule has 10 rings (SSSR count). The first-order chi connectivity index (χ1) is 28.4. The zero-order chi connectivity index (χ0) is 39.6. The molecule has 0 fully saturated rings. The topological polar surface area (TPSA) is 131 Å². The van der Waals surface area contributed by atoms with Crippen molar-refractivity contribution in [2.45, 2.75) is 13.1 Å². The van der Waals surface area contributed by atoms with Crippen LogP contribution >= 0.6 is 0 Å². The molecule has 0 amide bonds. The van der Waals surface area contributed by atoms with Crippen LogP contribution in [-0.2, 0) is 13.1 Å². The van der Waals surface area contributed by atoms with E-state index < -0.39 is 11.6 Å². The van der Waals surface area contributed by atoms with Gasteiger partial charge in [-0.15, -0.1) is 0 Å². The summed E-state index contributed by atoms with van der Waals surface area (Å²) in [5.41, 5.74) is 9.33. The van der Waals surface area contributed by atoms with Gasteiger partial charge in [0.25, 0.3) is 0 Å². The van der Waals surface area contributed by atoms with E-state index in [0.29, 0.717) is 41.1 Å². The van der Waals surface area contributed by atoms with Gasteiger partial charge in [-0.25, -0.2) is 18.7 Å². The minimum absolute atomic E-state index is 0.198. The third kappa shape index (κ3) is 7.33. The van der Waals surface area contributed by atoms with Crippen molar-refractivity contribution in [3.63, 3.8) is 0 Å². The molecule has 10 aromatic rings. The number of nitrogens with zero attached hydrogens (tertiary/aromatic N) is 10. The molecule has 0 aliphatic carbocycles. The Labute approximate surface area is 329 Å². The van der Waals surface area contributed by atoms with Crippen molar-refractivity contribution in [2.75, 3.05) is 14.2 Å². The summed E-state index contributed by atoms with van der Waals surface area (Å²) in [6.45, 7) is 1.25. The van der Waals surface area contributed by atoms with Crippen molar-refractivity contribution < 1.29 is 18.3 Å². The van der Waals surface area contributed by atoms with Gasteiger partial charge in [-0.1, -0.05) is 12.1 Å². The molecule has 0 aliphatic rings. The molecule has 0 N–H and O–H groups in total. The molecular formula is C44H32F2N10O2. The smallest absolute Gasteiger partial charge is 0.165 e. The van der Waals surface area contributed by atoms with E-state index in [2.05, 4.69) is 35.1 Å². The quantitative estimate of drug-likeness (QED) is 0.148. The molecule has 0 saturated heterocycles. The second kappa shape index (κ2) is 15.4. The third-order valence-electron chi connectivity index (χ3n) is 9.54. The first-order valence-electron chi connectivity index (χ1n) is 18.1. The molecule has 12 nitrogen and oxygen atoms in total. The maximum Gasteiger partial charge on any atom is 0.165 e. The van der Waals surface area contributed by atoms with Gasteiger partial charge in [0.2, 0.25) is 0 Å². The second-order valence-electron chi connectivity index (χ2n) is 13.4. The lowest BCUT2D eigenvalue weighted by Crippen LogP contribution is -2.01. The molecule has 0 aliphatic heterocycles. The first kappa shape index (κ1) is 35.9. The van der Waals surface area contributed by atoms with E-state index >= 15 is 0 Å². The molecule has 284 valence electrons. The lowest BCUT2D eigenvalue weighted by molar-refractivity contribution is 0.386. The van der Waals surface area contributed by atoms with Crippen molar-refractivity contribution >= 4 is 43.9 Å². The molecule has 4 aromatic carbocycles. The molecule has 6 heterocycles. The lowest BCUT2D eigenvalue weighted by Gasteiger charge is -2.07. The predicted molar refractivity (Wildman–Crippen MR) is 216 cm³/mol. The van der Waals surface area contributed by atoms with E-state index in [1.165, 1.54) is 26.4 Å². The van der Waals surface area contributed by atoms with Crippen LogP contribution in [0.15, 0.2) is 135 Å². The molecule has 0 spiro atoms. The van der Waals surface area contributed by atoms with E-state index in [0.717, 1.165) is 49.5 Å². The Morgan fingerprint density at radius 1 is 0.569 bits per heavy atom. The molecule has 0 bridgehead atoms. The van der Waals surface area contributed by atoms with Crippen LogP contribution in [0.1, 0.15) is 11.1 Å². The highest BCUT2D eigenvalue weighted by Crippen LogP contribution is 2.29. The summed E-state index contributed by atoms with van der Waals surface area (Å²) in [7, 11) is 2.88. The van der Waals surface area contributed by atoms with Crippen molar-refractivity contribution in [3.05, 3.63) is 157 Å². The number of rotatable bonds is 8. The number of ether oxygens (including phenoxy) is 2. The zero-order valence-corrected chi connectivity index (χ0v) is 31.2. The number of hydrogen-bond donors (Lipinski definition) is 0. The summed E-state index contributed by atoms with van der Waals surface area (Å²) in [5, 5.41) is 11.1. The molecule has 0 saturated carbocycles. The molecule has 0 unspecified atom stereocenters. The van der Waals surface area contributed by atoms with Gasteiger partial charge in [-0.3, -0.25) is 29.3 Å². The number of hydrogen-bond acceptors (Lipinski definition) is 10. The van der Waals surface area contributed by atoms with Gasteiger partial charge in [-0.2, -0.15) is 10.2 Å². The fourth-order valence-electron chi connectivity index (χ4n) is 6.65. The highest BCUT2D eigenvalue weighted by Gasteiger charge is 2.13. The molecule has 6 aromatic heterocycles. The number of benzene rings is 4. The van der Waals surface area contributed by atoms with E-state index in [4.69, 9.17) is 14.5 Å². The Morgan fingerprint density at radius 3 is 1.72 bits per heavy atom. The zero-order valence-electron chi connectivity index (χ0n) is 31.2. The first-order valence-corrected chi connectivity index (χ1v) is 18.1. The van der Waals surface area contributed by atoms with Crippen LogP contribution in [0.2, 0.25) is 0 Å². The van der Waals surface area contributed by atoms with Crippen molar-refractivity contribution in [2.24, 2.45) is 0 Å². The maximum absolute atomic E-state index is 14.1. The Morgan fingerprint density at radius 2 is 1.16 bits per heavy atom. The summed E-state index contributed by atoms with van der Waals surface area (Å²) < 4.78 is 41.9. The molecule has 14 heteroatoms. The van der Waals surface area contributed by atoms with Gasteiger partial charge in [0.05, 0.1) is 90.4 Å². The monoisotopic (exact) mass is 770 g/mol. The van der Waals surface area contributed by atoms with Crippen LogP contribution in [0.4, 0.5) is 8.78 Å². The van der Waals surface area contributed by atoms with Gasteiger partial charge in [0.15, 0.2) is 23.1 Å². The minimum Gasteiger partial charge on any atom is -0.494 e. The summed E-state index contributed by atoms with van der Waals surface area (Å²) in [6, 6.07) is 25.1. The molecule has 0 atom stereocenters. The van der Waals surface area contributed by atoms with Crippen molar-refractivity contribution in [1.29, 1.82) is 0 Å². The molecule has 58 heavy (non-hydrogen) atoms. The van der Waals surface area contributed by atoms with Crippen molar-refractivity contribution in [3.8, 4) is 34.0 Å². The summed E-state index contributed by atoms with van der Waals surface area (Å²) >= 11 is 0. The predicted octanol–water partition coefficient (Wildman–Crippen LogP) is 8.48. The summed E-state index contributed by atoms with van der Waals surface area (Å²) in [5.74, 6) is -0.472. The average molecular weight is 771 g/mol. The maximum atomic E-state index is 14.1. The van der Waals surface area contributed by atoms with Crippen LogP contribution in [0, 0.1) is 11.6 Å². The van der Waals surface area contributed by atoms with Crippen LogP contribution in [0.3, 0.4) is 0 Å². The second-order valence-corrected chi connectivity index (χ2v) is 13.4. The molecular weight excluding hydrogens is 739 g/mol. The van der Waals surface area contributed by atoms with Gasteiger partial charge in [-0.05, 0) is 83.9 Å². The minimum atomic E-state index is -0.434. The van der Waals surface area contributed by atoms with Crippen LogP contribution in [-0.4, -0.2) is 63.7 Å². The van der Waals surface area contributed by atoms with E-state index in [1.807, 2.05) is 82.7 Å².